The molecule has 1 aromatic rings. The van der Waals surface area contributed by atoms with Crippen molar-refractivity contribution >= 4 is 11.6 Å². The van der Waals surface area contributed by atoms with E-state index in [1.807, 2.05) is 25.3 Å². The van der Waals surface area contributed by atoms with Crippen molar-refractivity contribution in [1.82, 2.24) is 5.32 Å². The van der Waals surface area contributed by atoms with Gasteiger partial charge in [0.1, 0.15) is 0 Å². The van der Waals surface area contributed by atoms with Crippen LogP contribution in [-0.4, -0.2) is 19.3 Å². The van der Waals surface area contributed by atoms with Gasteiger partial charge < -0.3 is 10.1 Å². The van der Waals surface area contributed by atoms with E-state index in [1.54, 1.807) is 0 Å². The van der Waals surface area contributed by atoms with Gasteiger partial charge in [0, 0.05) is 24.2 Å². The number of hydrogen-bond donors (Lipinski definition) is 1. The average Bonchev–Trinajstić information content (AvgIpc) is 2.39. The molecule has 0 amide bonds. The van der Waals surface area contributed by atoms with Crippen LogP contribution >= 0.6 is 11.6 Å². The quantitative estimate of drug-likeness (QED) is 0.892. The molecule has 0 saturated heterocycles. The van der Waals surface area contributed by atoms with Crippen LogP contribution < -0.4 is 5.32 Å². The van der Waals surface area contributed by atoms with E-state index in [4.69, 9.17) is 16.3 Å². The van der Waals surface area contributed by atoms with Gasteiger partial charge in [-0.3, -0.25) is 0 Å². The molecule has 18 heavy (non-hydrogen) atoms. The molecule has 1 saturated carbocycles. The third-order valence-corrected chi connectivity index (χ3v) is 4.16. The Kier molecular flexibility index (Phi) is 5.04. The van der Waals surface area contributed by atoms with Crippen LogP contribution in [0.15, 0.2) is 24.3 Å². The second-order valence-corrected chi connectivity index (χ2v) is 5.54. The molecule has 1 aromatic carbocycles. The Bertz CT molecular complexity index is 383. The van der Waals surface area contributed by atoms with Gasteiger partial charge in [0.2, 0.25) is 0 Å². The minimum absolute atomic E-state index is 0.291. The predicted octanol–water partition coefficient (Wildman–Crippen LogP) is 3.95. The molecule has 3 heteroatoms. The molecule has 0 spiro atoms. The summed E-state index contributed by atoms with van der Waals surface area (Å²) in [6, 6.07) is 8.89. The molecule has 1 aliphatic rings. The van der Waals surface area contributed by atoms with E-state index in [1.165, 1.54) is 24.8 Å². The number of hydrogen-bond acceptors (Lipinski definition) is 2. The summed E-state index contributed by atoms with van der Waals surface area (Å²) >= 11 is 6.23. The van der Waals surface area contributed by atoms with Crippen LogP contribution in [0.2, 0.25) is 5.02 Å². The molecule has 100 valence electrons. The Hall–Kier alpha value is -0.570. The minimum atomic E-state index is 0.291. The van der Waals surface area contributed by atoms with Crippen LogP contribution in [-0.2, 0) is 4.74 Å². The van der Waals surface area contributed by atoms with Crippen LogP contribution in [0, 0.1) is 0 Å². The first-order valence-corrected chi connectivity index (χ1v) is 7.11. The molecule has 1 aliphatic carbocycles. The molecular weight excluding hydrogens is 246 g/mol. The fraction of sp³-hybridized carbons (Fsp3) is 0.600. The van der Waals surface area contributed by atoms with E-state index in [2.05, 4.69) is 18.3 Å². The first-order valence-electron chi connectivity index (χ1n) is 6.74. The van der Waals surface area contributed by atoms with E-state index < -0.39 is 0 Å². The number of methoxy groups -OCH3 is 1. The number of halogens is 1. The highest BCUT2D eigenvalue weighted by atomic mass is 35.5. The van der Waals surface area contributed by atoms with Crippen LogP contribution in [0.4, 0.5) is 0 Å². The maximum absolute atomic E-state index is 6.23. The normalized spacial score (nSPS) is 25.9. The zero-order chi connectivity index (χ0) is 13.0. The van der Waals surface area contributed by atoms with Gasteiger partial charge >= 0.3 is 0 Å². The van der Waals surface area contributed by atoms with E-state index in [0.717, 1.165) is 11.4 Å². The Morgan fingerprint density at radius 3 is 2.83 bits per heavy atom. The summed E-state index contributed by atoms with van der Waals surface area (Å²) in [6.45, 7) is 2.18. The van der Waals surface area contributed by atoms with Crippen molar-refractivity contribution in [2.24, 2.45) is 0 Å². The summed E-state index contributed by atoms with van der Waals surface area (Å²) in [4.78, 5) is 0. The van der Waals surface area contributed by atoms with Crippen molar-refractivity contribution in [3.05, 3.63) is 34.9 Å². The van der Waals surface area contributed by atoms with Gasteiger partial charge in [-0.15, -0.1) is 0 Å². The van der Waals surface area contributed by atoms with Crippen molar-refractivity contribution in [2.75, 3.05) is 7.11 Å². The summed E-state index contributed by atoms with van der Waals surface area (Å²) in [6.07, 6.45) is 5.18. The first-order chi connectivity index (χ1) is 8.70. The lowest BCUT2D eigenvalue weighted by atomic mass is 9.92. The highest BCUT2D eigenvalue weighted by Gasteiger charge is 2.23. The molecular formula is C15H22ClNO. The lowest BCUT2D eigenvalue weighted by molar-refractivity contribution is 0.0572. The van der Waals surface area contributed by atoms with Crippen molar-refractivity contribution in [3.63, 3.8) is 0 Å². The smallest absolute Gasteiger partial charge is 0.0586 e. The van der Waals surface area contributed by atoms with E-state index in [-0.39, 0.29) is 0 Å². The maximum atomic E-state index is 6.23. The van der Waals surface area contributed by atoms with Gasteiger partial charge in [0.15, 0.2) is 0 Å². The van der Waals surface area contributed by atoms with Gasteiger partial charge in [-0.2, -0.15) is 0 Å². The van der Waals surface area contributed by atoms with Crippen LogP contribution in [0.1, 0.15) is 44.2 Å². The van der Waals surface area contributed by atoms with E-state index in [0.29, 0.717) is 18.2 Å². The minimum Gasteiger partial charge on any atom is -0.381 e. The highest BCUT2D eigenvalue weighted by Crippen LogP contribution is 2.26. The molecule has 1 N–H and O–H groups in total. The molecule has 2 unspecified atom stereocenters. The average molecular weight is 268 g/mol. The number of nitrogens with one attached hydrogen (secondary N) is 1. The summed E-state index contributed by atoms with van der Waals surface area (Å²) in [5, 5.41) is 4.52. The predicted molar refractivity (Wildman–Crippen MR) is 76.1 cm³/mol. The lowest BCUT2D eigenvalue weighted by Crippen LogP contribution is -2.38. The Morgan fingerprint density at radius 2 is 2.11 bits per heavy atom. The molecule has 1 fully saturated rings. The Labute approximate surface area is 115 Å². The van der Waals surface area contributed by atoms with Crippen LogP contribution in [0.3, 0.4) is 0 Å². The van der Waals surface area contributed by atoms with Gasteiger partial charge in [-0.05, 0) is 44.2 Å². The SMILES string of the molecule is COC1CCCC(N[C@@H](C)c2ccccc2Cl)C1. The summed E-state index contributed by atoms with van der Waals surface area (Å²) in [5.74, 6) is 0. The fourth-order valence-electron chi connectivity index (χ4n) is 2.78. The molecule has 0 aromatic heterocycles. The van der Waals surface area contributed by atoms with Gasteiger partial charge in [-0.1, -0.05) is 29.8 Å². The number of benzene rings is 1. The van der Waals surface area contributed by atoms with E-state index >= 15 is 0 Å². The third kappa shape index (κ3) is 3.47. The molecule has 0 heterocycles. The number of rotatable bonds is 4. The molecule has 2 rings (SSSR count). The third-order valence-electron chi connectivity index (χ3n) is 3.82. The molecule has 0 bridgehead atoms. The van der Waals surface area contributed by atoms with Crippen molar-refractivity contribution in [2.45, 2.75) is 50.8 Å². The van der Waals surface area contributed by atoms with Gasteiger partial charge in [-0.25, -0.2) is 0 Å². The zero-order valence-corrected chi connectivity index (χ0v) is 11.9. The molecule has 0 radical (unpaired) electrons. The van der Waals surface area contributed by atoms with Gasteiger partial charge in [0.05, 0.1) is 6.10 Å². The summed E-state index contributed by atoms with van der Waals surface area (Å²) in [7, 11) is 1.81. The lowest BCUT2D eigenvalue weighted by Gasteiger charge is -2.31. The van der Waals surface area contributed by atoms with Crippen LogP contribution in [0.5, 0.6) is 0 Å². The molecule has 3 atom stereocenters. The van der Waals surface area contributed by atoms with Crippen LogP contribution in [0.25, 0.3) is 0 Å². The van der Waals surface area contributed by atoms with Crippen molar-refractivity contribution < 1.29 is 4.74 Å². The monoisotopic (exact) mass is 267 g/mol. The van der Waals surface area contributed by atoms with E-state index in [9.17, 15) is 0 Å². The number of ether oxygens (including phenoxy) is 1. The highest BCUT2D eigenvalue weighted by molar-refractivity contribution is 6.31. The maximum Gasteiger partial charge on any atom is 0.0586 e. The Balaban J connectivity index is 1.95. The zero-order valence-electron chi connectivity index (χ0n) is 11.2. The molecule has 0 aliphatic heterocycles. The standard InChI is InChI=1S/C15H22ClNO/c1-11(14-8-3-4-9-15(14)16)17-12-6-5-7-13(10-12)18-2/h3-4,8-9,11-13,17H,5-7,10H2,1-2H3/t11-,12?,13?/m0/s1. The van der Waals surface area contributed by atoms with Crippen molar-refractivity contribution in [3.8, 4) is 0 Å². The summed E-state index contributed by atoms with van der Waals surface area (Å²) < 4.78 is 5.47. The summed E-state index contributed by atoms with van der Waals surface area (Å²) in [5.41, 5.74) is 1.18. The van der Waals surface area contributed by atoms with Gasteiger partial charge in [0.25, 0.3) is 0 Å². The fourth-order valence-corrected chi connectivity index (χ4v) is 3.08. The second kappa shape index (κ2) is 6.55. The first kappa shape index (κ1) is 13.9. The van der Waals surface area contributed by atoms with Crippen molar-refractivity contribution in [1.29, 1.82) is 0 Å². The second-order valence-electron chi connectivity index (χ2n) is 5.13. The topological polar surface area (TPSA) is 21.3 Å². The largest absolute Gasteiger partial charge is 0.381 e. The molecule has 2 nitrogen and oxygen atoms in total. The Morgan fingerprint density at radius 1 is 1.33 bits per heavy atom.